The van der Waals surface area contributed by atoms with Gasteiger partial charge < -0.3 is 9.64 Å². The number of para-hydroxylation sites is 1. The largest absolute Gasteiger partial charge is 0.497 e. The number of nitrogens with zero attached hydrogens (tertiary/aromatic N) is 2. The van der Waals surface area contributed by atoms with Crippen molar-refractivity contribution in [3.8, 4) is 5.75 Å². The first-order chi connectivity index (χ1) is 10.7. The van der Waals surface area contributed by atoms with E-state index in [0.717, 1.165) is 22.7 Å². The van der Waals surface area contributed by atoms with E-state index < -0.39 is 0 Å². The highest BCUT2D eigenvalue weighted by Gasteiger charge is 2.40. The standard InChI is InChI=1S/C18H14N2O2/c1-3-15-13-10-11(22-2)8-9-14(13)19-18-17(21)12-6-4-5-7-16(12)20(15)18/h3-10,15H,1H2,2H3/t15-/m0/s1. The van der Waals surface area contributed by atoms with Gasteiger partial charge in [-0.2, -0.15) is 0 Å². The van der Waals surface area contributed by atoms with Crippen molar-refractivity contribution < 1.29 is 9.53 Å². The predicted molar refractivity (Wildman–Crippen MR) is 86.3 cm³/mol. The number of aliphatic imine (C=N–C) groups is 1. The van der Waals surface area contributed by atoms with Crippen LogP contribution in [0.1, 0.15) is 22.0 Å². The smallest absolute Gasteiger partial charge is 0.230 e. The van der Waals surface area contributed by atoms with E-state index in [2.05, 4.69) is 11.6 Å². The van der Waals surface area contributed by atoms with Crippen LogP contribution in [0.5, 0.6) is 5.75 Å². The van der Waals surface area contributed by atoms with E-state index in [0.29, 0.717) is 11.4 Å². The summed E-state index contributed by atoms with van der Waals surface area (Å²) < 4.78 is 5.31. The lowest BCUT2D eigenvalue weighted by atomic mass is 10.0. The lowest BCUT2D eigenvalue weighted by Crippen LogP contribution is -2.35. The number of carbonyl (C=O) groups is 1. The Morgan fingerprint density at radius 2 is 2.09 bits per heavy atom. The second-order valence-corrected chi connectivity index (χ2v) is 5.26. The molecule has 2 aromatic rings. The van der Waals surface area contributed by atoms with Crippen molar-refractivity contribution in [3.63, 3.8) is 0 Å². The Morgan fingerprint density at radius 3 is 2.86 bits per heavy atom. The van der Waals surface area contributed by atoms with Gasteiger partial charge in [-0.1, -0.05) is 18.2 Å². The van der Waals surface area contributed by atoms with Crippen LogP contribution in [0.25, 0.3) is 0 Å². The van der Waals surface area contributed by atoms with Crippen LogP contribution in [-0.2, 0) is 0 Å². The van der Waals surface area contributed by atoms with Crippen LogP contribution in [0.4, 0.5) is 11.4 Å². The molecule has 4 nitrogen and oxygen atoms in total. The summed E-state index contributed by atoms with van der Waals surface area (Å²) in [6, 6.07) is 13.1. The molecule has 0 unspecified atom stereocenters. The maximum atomic E-state index is 12.6. The minimum Gasteiger partial charge on any atom is -0.497 e. The Balaban J connectivity index is 1.97. The molecule has 0 aliphatic carbocycles. The van der Waals surface area contributed by atoms with Gasteiger partial charge in [0.25, 0.3) is 0 Å². The number of amidine groups is 1. The summed E-state index contributed by atoms with van der Waals surface area (Å²) in [6.07, 6.45) is 1.84. The predicted octanol–water partition coefficient (Wildman–Crippen LogP) is 3.67. The Hall–Kier alpha value is -2.88. The quantitative estimate of drug-likeness (QED) is 0.792. The molecule has 0 radical (unpaired) electrons. The number of methoxy groups -OCH3 is 1. The first-order valence-electron chi connectivity index (χ1n) is 7.06. The molecule has 22 heavy (non-hydrogen) atoms. The topological polar surface area (TPSA) is 41.9 Å². The molecular formula is C18H14N2O2. The molecule has 4 heteroatoms. The molecular weight excluding hydrogens is 276 g/mol. The van der Waals surface area contributed by atoms with Gasteiger partial charge in [0.05, 0.1) is 24.5 Å². The molecule has 0 saturated carbocycles. The number of hydrogen-bond donors (Lipinski definition) is 0. The number of fused-ring (bicyclic) bond motifs is 4. The summed E-state index contributed by atoms with van der Waals surface area (Å²) in [5.41, 5.74) is 3.35. The Morgan fingerprint density at radius 1 is 1.27 bits per heavy atom. The Labute approximate surface area is 128 Å². The second-order valence-electron chi connectivity index (χ2n) is 5.26. The summed E-state index contributed by atoms with van der Waals surface area (Å²) in [4.78, 5) is 19.1. The molecule has 2 aliphatic heterocycles. The fourth-order valence-electron chi connectivity index (χ4n) is 3.09. The highest BCUT2D eigenvalue weighted by atomic mass is 16.5. The zero-order valence-corrected chi connectivity index (χ0v) is 12.1. The van der Waals surface area contributed by atoms with Crippen LogP contribution in [-0.4, -0.2) is 18.7 Å². The number of Topliss-reactive ketones (excluding diaryl/α,β-unsaturated/α-hetero) is 1. The lowest BCUT2D eigenvalue weighted by Gasteiger charge is -2.32. The van der Waals surface area contributed by atoms with Crippen molar-refractivity contribution in [3.05, 3.63) is 66.2 Å². The highest BCUT2D eigenvalue weighted by molar-refractivity contribution is 6.55. The van der Waals surface area contributed by atoms with Crippen molar-refractivity contribution in [1.29, 1.82) is 0 Å². The lowest BCUT2D eigenvalue weighted by molar-refractivity contribution is 0.106. The van der Waals surface area contributed by atoms with Gasteiger partial charge in [0.2, 0.25) is 5.78 Å². The van der Waals surface area contributed by atoms with Gasteiger partial charge in [0.15, 0.2) is 5.84 Å². The van der Waals surface area contributed by atoms with Crippen LogP contribution in [0, 0.1) is 0 Å². The van der Waals surface area contributed by atoms with E-state index >= 15 is 0 Å². The summed E-state index contributed by atoms with van der Waals surface area (Å²) in [6.45, 7) is 3.95. The van der Waals surface area contributed by atoms with Crippen LogP contribution >= 0.6 is 0 Å². The van der Waals surface area contributed by atoms with Crippen molar-refractivity contribution >= 4 is 23.0 Å². The number of rotatable bonds is 2. The minimum atomic E-state index is -0.134. The number of carbonyl (C=O) groups excluding carboxylic acids is 1. The molecule has 0 bridgehead atoms. The number of benzene rings is 2. The summed E-state index contributed by atoms with van der Waals surface area (Å²) in [5, 5.41) is 0. The first kappa shape index (κ1) is 12.8. The normalized spacial score (nSPS) is 18.2. The van der Waals surface area contributed by atoms with E-state index in [1.54, 1.807) is 7.11 Å². The maximum absolute atomic E-state index is 12.6. The maximum Gasteiger partial charge on any atom is 0.230 e. The molecule has 0 saturated heterocycles. The molecule has 0 fully saturated rings. The molecule has 2 aromatic carbocycles. The molecule has 0 amide bonds. The third kappa shape index (κ3) is 1.58. The van der Waals surface area contributed by atoms with E-state index in [4.69, 9.17) is 4.74 Å². The minimum absolute atomic E-state index is 0.0380. The molecule has 0 aromatic heterocycles. The number of hydrogen-bond acceptors (Lipinski definition) is 4. The second kappa shape index (κ2) is 4.56. The van der Waals surface area contributed by atoms with E-state index in [1.807, 2.05) is 53.4 Å². The van der Waals surface area contributed by atoms with Gasteiger partial charge in [0, 0.05) is 11.1 Å². The van der Waals surface area contributed by atoms with Gasteiger partial charge in [-0.05, 0) is 30.3 Å². The van der Waals surface area contributed by atoms with Crippen LogP contribution in [0.3, 0.4) is 0 Å². The monoisotopic (exact) mass is 290 g/mol. The molecule has 0 spiro atoms. The summed E-state index contributed by atoms with van der Waals surface area (Å²) in [7, 11) is 1.64. The van der Waals surface area contributed by atoms with Crippen LogP contribution in [0.15, 0.2) is 60.1 Å². The Bertz CT molecular complexity index is 839. The van der Waals surface area contributed by atoms with E-state index in [-0.39, 0.29) is 11.8 Å². The molecule has 2 aliphatic rings. The van der Waals surface area contributed by atoms with Crippen molar-refractivity contribution in [2.24, 2.45) is 4.99 Å². The summed E-state index contributed by atoms with van der Waals surface area (Å²) >= 11 is 0. The van der Waals surface area contributed by atoms with Crippen molar-refractivity contribution in [2.45, 2.75) is 6.04 Å². The van der Waals surface area contributed by atoms with Gasteiger partial charge in [-0.15, -0.1) is 6.58 Å². The van der Waals surface area contributed by atoms with E-state index in [1.165, 1.54) is 0 Å². The van der Waals surface area contributed by atoms with E-state index in [9.17, 15) is 4.79 Å². The molecule has 2 heterocycles. The van der Waals surface area contributed by atoms with Gasteiger partial charge in [-0.3, -0.25) is 4.79 Å². The number of ketones is 1. The van der Waals surface area contributed by atoms with Crippen LogP contribution < -0.4 is 9.64 Å². The molecule has 0 N–H and O–H groups in total. The average molecular weight is 290 g/mol. The van der Waals surface area contributed by atoms with Crippen LogP contribution in [0.2, 0.25) is 0 Å². The number of ether oxygens (including phenoxy) is 1. The first-order valence-corrected chi connectivity index (χ1v) is 7.06. The molecule has 108 valence electrons. The van der Waals surface area contributed by atoms with Crippen molar-refractivity contribution in [2.75, 3.05) is 12.0 Å². The van der Waals surface area contributed by atoms with Gasteiger partial charge in [0.1, 0.15) is 5.75 Å². The fourth-order valence-corrected chi connectivity index (χ4v) is 3.09. The zero-order chi connectivity index (χ0) is 15.3. The van der Waals surface area contributed by atoms with Gasteiger partial charge >= 0.3 is 0 Å². The Kier molecular flexibility index (Phi) is 2.66. The third-order valence-electron chi connectivity index (χ3n) is 4.12. The third-order valence-corrected chi connectivity index (χ3v) is 4.12. The molecule has 4 rings (SSSR count). The molecule has 1 atom stereocenters. The zero-order valence-electron chi connectivity index (χ0n) is 12.1. The fraction of sp³-hybridized carbons (Fsp3) is 0.111. The average Bonchev–Trinajstić information content (AvgIpc) is 2.85. The number of anilines is 1. The summed E-state index contributed by atoms with van der Waals surface area (Å²) in [5.74, 6) is 1.19. The van der Waals surface area contributed by atoms with Gasteiger partial charge in [-0.25, -0.2) is 4.99 Å². The van der Waals surface area contributed by atoms with Crippen molar-refractivity contribution in [1.82, 2.24) is 0 Å². The highest BCUT2D eigenvalue weighted by Crippen LogP contribution is 2.44. The SMILES string of the molecule is C=C[C@H]1c2cc(OC)ccc2N=C2C(=O)c3ccccc3N21.